The van der Waals surface area contributed by atoms with E-state index in [-0.39, 0.29) is 0 Å². The SMILES string of the molecule is CCNC(=NCC(C)(C)NC(=O)OC(C)(C)C)NCCc1cccs1. The highest BCUT2D eigenvalue weighted by Crippen LogP contribution is 2.10. The van der Waals surface area contributed by atoms with E-state index in [1.807, 2.05) is 41.5 Å². The number of hydrogen-bond donors (Lipinski definition) is 3. The molecule has 0 atom stereocenters. The van der Waals surface area contributed by atoms with Crippen LogP contribution in [0.3, 0.4) is 0 Å². The van der Waals surface area contributed by atoms with Gasteiger partial charge in [0, 0.05) is 18.0 Å². The molecular formula is C18H32N4O2S. The number of nitrogens with zero attached hydrogens (tertiary/aromatic N) is 1. The molecule has 1 heterocycles. The molecule has 0 aliphatic rings. The maximum absolute atomic E-state index is 11.9. The summed E-state index contributed by atoms with van der Waals surface area (Å²) in [6, 6.07) is 4.19. The first-order valence-corrected chi connectivity index (χ1v) is 9.55. The van der Waals surface area contributed by atoms with Gasteiger partial charge in [-0.2, -0.15) is 0 Å². The number of alkyl carbamates (subject to hydrolysis) is 1. The first-order chi connectivity index (χ1) is 11.6. The second-order valence-electron chi connectivity index (χ2n) is 7.46. The van der Waals surface area contributed by atoms with E-state index in [1.54, 1.807) is 11.3 Å². The van der Waals surface area contributed by atoms with Gasteiger partial charge in [-0.05, 0) is 59.4 Å². The molecule has 7 heteroatoms. The van der Waals surface area contributed by atoms with E-state index in [4.69, 9.17) is 4.74 Å². The van der Waals surface area contributed by atoms with Crippen molar-refractivity contribution in [2.75, 3.05) is 19.6 Å². The van der Waals surface area contributed by atoms with Crippen LogP contribution >= 0.6 is 11.3 Å². The third kappa shape index (κ3) is 9.96. The molecule has 0 radical (unpaired) electrons. The van der Waals surface area contributed by atoms with Crippen LogP contribution in [0, 0.1) is 0 Å². The van der Waals surface area contributed by atoms with Crippen LogP contribution in [-0.2, 0) is 11.2 Å². The van der Waals surface area contributed by atoms with Crippen LogP contribution in [0.5, 0.6) is 0 Å². The topological polar surface area (TPSA) is 74.8 Å². The fourth-order valence-electron chi connectivity index (χ4n) is 2.00. The molecule has 0 saturated heterocycles. The number of guanidine groups is 1. The van der Waals surface area contributed by atoms with Crippen molar-refractivity contribution in [3.8, 4) is 0 Å². The maximum Gasteiger partial charge on any atom is 0.408 e. The van der Waals surface area contributed by atoms with E-state index in [9.17, 15) is 4.79 Å². The molecule has 0 spiro atoms. The van der Waals surface area contributed by atoms with E-state index < -0.39 is 17.2 Å². The maximum atomic E-state index is 11.9. The van der Waals surface area contributed by atoms with Crippen molar-refractivity contribution >= 4 is 23.4 Å². The van der Waals surface area contributed by atoms with Gasteiger partial charge in [-0.15, -0.1) is 11.3 Å². The van der Waals surface area contributed by atoms with Crippen LogP contribution < -0.4 is 16.0 Å². The Morgan fingerprint density at radius 2 is 1.96 bits per heavy atom. The van der Waals surface area contributed by atoms with Crippen molar-refractivity contribution in [1.82, 2.24) is 16.0 Å². The smallest absolute Gasteiger partial charge is 0.408 e. The van der Waals surface area contributed by atoms with E-state index in [0.29, 0.717) is 6.54 Å². The Morgan fingerprint density at radius 1 is 1.24 bits per heavy atom. The van der Waals surface area contributed by atoms with Gasteiger partial charge in [0.15, 0.2) is 5.96 Å². The molecule has 0 unspecified atom stereocenters. The lowest BCUT2D eigenvalue weighted by Gasteiger charge is -2.27. The van der Waals surface area contributed by atoms with Gasteiger partial charge < -0.3 is 20.7 Å². The van der Waals surface area contributed by atoms with E-state index in [1.165, 1.54) is 4.88 Å². The minimum Gasteiger partial charge on any atom is -0.444 e. The highest BCUT2D eigenvalue weighted by Gasteiger charge is 2.24. The van der Waals surface area contributed by atoms with E-state index in [2.05, 4.69) is 38.5 Å². The summed E-state index contributed by atoms with van der Waals surface area (Å²) in [6.45, 7) is 13.5. The monoisotopic (exact) mass is 368 g/mol. The van der Waals surface area contributed by atoms with Crippen molar-refractivity contribution in [1.29, 1.82) is 0 Å². The number of amides is 1. The first-order valence-electron chi connectivity index (χ1n) is 8.67. The van der Waals surface area contributed by atoms with Gasteiger partial charge in [-0.25, -0.2) is 4.79 Å². The molecule has 1 amide bonds. The number of thiophene rings is 1. The third-order valence-electron chi connectivity index (χ3n) is 3.06. The lowest BCUT2D eigenvalue weighted by atomic mass is 10.1. The number of nitrogens with one attached hydrogen (secondary N) is 3. The molecule has 25 heavy (non-hydrogen) atoms. The lowest BCUT2D eigenvalue weighted by molar-refractivity contribution is 0.0476. The number of rotatable bonds is 7. The number of carbonyl (C=O) groups is 1. The average molecular weight is 369 g/mol. The zero-order valence-electron chi connectivity index (χ0n) is 16.2. The fraction of sp³-hybridized carbons (Fsp3) is 0.667. The Labute approximate surface area is 155 Å². The zero-order chi connectivity index (χ0) is 18.9. The predicted molar refractivity (Wildman–Crippen MR) is 105 cm³/mol. The highest BCUT2D eigenvalue weighted by molar-refractivity contribution is 7.09. The second-order valence-corrected chi connectivity index (χ2v) is 8.49. The van der Waals surface area contributed by atoms with Crippen molar-refractivity contribution in [2.24, 2.45) is 4.99 Å². The second kappa shape index (κ2) is 9.65. The Kier molecular flexibility index (Phi) is 8.22. The van der Waals surface area contributed by atoms with Crippen LogP contribution in [0.1, 0.15) is 46.4 Å². The summed E-state index contributed by atoms with van der Waals surface area (Å²) in [6.07, 6.45) is 0.533. The molecule has 0 saturated carbocycles. The molecule has 0 aliphatic carbocycles. The molecule has 1 rings (SSSR count). The lowest BCUT2D eigenvalue weighted by Crippen LogP contribution is -2.49. The molecule has 3 N–H and O–H groups in total. The first kappa shape index (κ1) is 21.3. The van der Waals surface area contributed by atoms with Crippen molar-refractivity contribution < 1.29 is 9.53 Å². The summed E-state index contributed by atoms with van der Waals surface area (Å²) in [5, 5.41) is 11.5. The molecule has 0 fully saturated rings. The van der Waals surface area contributed by atoms with Gasteiger partial charge >= 0.3 is 6.09 Å². The molecular weight excluding hydrogens is 336 g/mol. The summed E-state index contributed by atoms with van der Waals surface area (Å²) < 4.78 is 5.31. The quantitative estimate of drug-likeness (QED) is 0.510. The molecule has 1 aromatic heterocycles. The standard InChI is InChI=1S/C18H32N4O2S/c1-7-19-15(20-11-10-14-9-8-12-25-14)21-13-18(5,6)22-16(23)24-17(2,3)4/h8-9,12H,7,10-11,13H2,1-6H3,(H,22,23)(H2,19,20,21). The predicted octanol–water partition coefficient (Wildman–Crippen LogP) is 3.15. The summed E-state index contributed by atoms with van der Waals surface area (Å²) in [5.74, 6) is 0.748. The average Bonchev–Trinajstić information content (AvgIpc) is 2.95. The van der Waals surface area contributed by atoms with Gasteiger partial charge in [0.2, 0.25) is 0 Å². The number of aliphatic imine (C=N–C) groups is 1. The Morgan fingerprint density at radius 3 is 2.52 bits per heavy atom. The molecule has 0 bridgehead atoms. The minimum absolute atomic E-state index is 0.427. The normalized spacial score (nSPS) is 12.6. The largest absolute Gasteiger partial charge is 0.444 e. The summed E-state index contributed by atoms with van der Waals surface area (Å²) in [4.78, 5) is 17.9. The Balaban J connectivity index is 2.51. The fourth-order valence-corrected chi connectivity index (χ4v) is 2.71. The zero-order valence-corrected chi connectivity index (χ0v) is 17.0. The number of hydrogen-bond acceptors (Lipinski definition) is 4. The van der Waals surface area contributed by atoms with E-state index in [0.717, 1.165) is 25.5 Å². The Bertz CT molecular complexity index is 548. The van der Waals surface area contributed by atoms with Gasteiger partial charge in [-0.3, -0.25) is 4.99 Å². The molecule has 0 aromatic carbocycles. The Hall–Kier alpha value is -1.76. The number of ether oxygens (including phenoxy) is 1. The van der Waals surface area contributed by atoms with Crippen LogP contribution in [0.25, 0.3) is 0 Å². The summed E-state index contributed by atoms with van der Waals surface area (Å²) in [5.41, 5.74) is -1.01. The van der Waals surface area contributed by atoms with Gasteiger partial charge in [0.1, 0.15) is 5.60 Å². The molecule has 0 aliphatic heterocycles. The molecule has 1 aromatic rings. The minimum atomic E-state index is -0.512. The van der Waals surface area contributed by atoms with E-state index >= 15 is 0 Å². The van der Waals surface area contributed by atoms with Gasteiger partial charge in [-0.1, -0.05) is 6.07 Å². The van der Waals surface area contributed by atoms with Crippen molar-refractivity contribution in [3.05, 3.63) is 22.4 Å². The summed E-state index contributed by atoms with van der Waals surface area (Å²) in [7, 11) is 0. The van der Waals surface area contributed by atoms with Crippen LogP contribution in [-0.4, -0.2) is 42.8 Å². The number of carbonyl (C=O) groups excluding carboxylic acids is 1. The molecule has 142 valence electrons. The van der Waals surface area contributed by atoms with Gasteiger partial charge in [0.05, 0.1) is 12.1 Å². The molecule has 6 nitrogen and oxygen atoms in total. The van der Waals surface area contributed by atoms with Crippen LogP contribution in [0.2, 0.25) is 0 Å². The van der Waals surface area contributed by atoms with Crippen molar-refractivity contribution in [3.63, 3.8) is 0 Å². The van der Waals surface area contributed by atoms with Gasteiger partial charge in [0.25, 0.3) is 0 Å². The van der Waals surface area contributed by atoms with Crippen molar-refractivity contribution in [2.45, 2.75) is 59.1 Å². The highest BCUT2D eigenvalue weighted by atomic mass is 32.1. The van der Waals surface area contributed by atoms with Crippen LogP contribution in [0.15, 0.2) is 22.5 Å². The third-order valence-corrected chi connectivity index (χ3v) is 4.00. The van der Waals surface area contributed by atoms with Crippen LogP contribution in [0.4, 0.5) is 4.79 Å². The summed E-state index contributed by atoms with van der Waals surface area (Å²) >= 11 is 1.76.